The van der Waals surface area contributed by atoms with Crippen LogP contribution in [0.1, 0.15) is 25.1 Å². The van der Waals surface area contributed by atoms with Crippen molar-refractivity contribution in [3.63, 3.8) is 0 Å². The maximum Gasteiger partial charge on any atom is 0.122 e. The second-order valence-electron chi connectivity index (χ2n) is 3.27. The smallest absolute Gasteiger partial charge is 0.122 e. The molecule has 1 aromatic heterocycles. The number of pyridine rings is 1. The summed E-state index contributed by atoms with van der Waals surface area (Å²) in [5.41, 5.74) is 7.15. The van der Waals surface area contributed by atoms with Crippen LogP contribution in [0, 0.1) is 0 Å². The molecule has 14 heavy (non-hydrogen) atoms. The molecule has 1 aromatic rings. The Bertz CT molecular complexity index is 326. The fraction of sp³-hybridized carbons (Fsp3) is 0.400. The van der Waals surface area contributed by atoms with E-state index in [2.05, 4.69) is 4.98 Å². The fourth-order valence-electron chi connectivity index (χ4n) is 0.962. The highest BCUT2D eigenvalue weighted by molar-refractivity contribution is 7.80. The van der Waals surface area contributed by atoms with Crippen LogP contribution in [0.15, 0.2) is 18.3 Å². The third-order valence-corrected chi connectivity index (χ3v) is 1.87. The average molecular weight is 210 g/mol. The van der Waals surface area contributed by atoms with Gasteiger partial charge in [-0.1, -0.05) is 12.2 Å². The van der Waals surface area contributed by atoms with Gasteiger partial charge in [-0.2, -0.15) is 0 Å². The molecule has 1 rings (SSSR count). The van der Waals surface area contributed by atoms with E-state index in [0.29, 0.717) is 17.3 Å². The standard InChI is InChI=1S/C10H14N2OS/c1-7(2)13-6-8-3-4-12-9(5-8)10(11)14/h3-5,7H,6H2,1-2H3,(H2,11,14). The lowest BCUT2D eigenvalue weighted by atomic mass is 10.2. The van der Waals surface area contributed by atoms with Crippen molar-refractivity contribution in [2.45, 2.75) is 26.6 Å². The molecule has 0 fully saturated rings. The first-order valence-corrected chi connectivity index (χ1v) is 4.86. The van der Waals surface area contributed by atoms with Crippen LogP contribution >= 0.6 is 12.2 Å². The summed E-state index contributed by atoms with van der Waals surface area (Å²) in [4.78, 5) is 4.36. The number of aromatic nitrogens is 1. The molecule has 0 radical (unpaired) electrons. The number of rotatable bonds is 4. The molecule has 76 valence electrons. The average Bonchev–Trinajstić information content (AvgIpc) is 2.15. The Kier molecular flexibility index (Phi) is 3.98. The largest absolute Gasteiger partial charge is 0.388 e. The van der Waals surface area contributed by atoms with Gasteiger partial charge in [0.1, 0.15) is 4.99 Å². The number of nitrogens with zero attached hydrogens (tertiary/aromatic N) is 1. The Morgan fingerprint density at radius 1 is 1.64 bits per heavy atom. The summed E-state index contributed by atoms with van der Waals surface area (Å²) in [5, 5.41) is 0. The molecule has 3 nitrogen and oxygen atoms in total. The van der Waals surface area contributed by atoms with E-state index in [1.54, 1.807) is 6.20 Å². The minimum absolute atomic E-state index is 0.219. The first kappa shape index (κ1) is 11.1. The van der Waals surface area contributed by atoms with Crippen molar-refractivity contribution in [1.82, 2.24) is 4.98 Å². The quantitative estimate of drug-likeness (QED) is 0.767. The Balaban J connectivity index is 2.69. The molecule has 0 saturated heterocycles. The summed E-state index contributed by atoms with van der Waals surface area (Å²) in [6.07, 6.45) is 1.91. The summed E-state index contributed by atoms with van der Waals surface area (Å²) in [6.45, 7) is 4.56. The monoisotopic (exact) mass is 210 g/mol. The van der Waals surface area contributed by atoms with E-state index in [4.69, 9.17) is 22.7 Å². The highest BCUT2D eigenvalue weighted by Gasteiger charge is 2.00. The third kappa shape index (κ3) is 3.40. The predicted octanol–water partition coefficient (Wildman–Crippen LogP) is 1.64. The maximum absolute atomic E-state index is 5.47. The summed E-state index contributed by atoms with van der Waals surface area (Å²) in [5.74, 6) is 0. The highest BCUT2D eigenvalue weighted by atomic mass is 32.1. The highest BCUT2D eigenvalue weighted by Crippen LogP contribution is 2.05. The van der Waals surface area contributed by atoms with E-state index in [-0.39, 0.29) is 6.10 Å². The van der Waals surface area contributed by atoms with Crippen LogP contribution in [0.3, 0.4) is 0 Å². The molecular formula is C10H14N2OS. The van der Waals surface area contributed by atoms with Gasteiger partial charge in [-0.15, -0.1) is 0 Å². The molecule has 0 aliphatic heterocycles. The lowest BCUT2D eigenvalue weighted by molar-refractivity contribution is 0.0656. The Hall–Kier alpha value is -1.00. The van der Waals surface area contributed by atoms with Crippen LogP contribution in [0.25, 0.3) is 0 Å². The van der Waals surface area contributed by atoms with Gasteiger partial charge in [0.25, 0.3) is 0 Å². The Labute approximate surface area is 89.3 Å². The third-order valence-electron chi connectivity index (χ3n) is 1.66. The molecule has 0 aliphatic carbocycles. The normalized spacial score (nSPS) is 10.5. The summed E-state index contributed by atoms with van der Waals surface area (Å²) < 4.78 is 5.45. The van der Waals surface area contributed by atoms with Crippen molar-refractivity contribution >= 4 is 17.2 Å². The zero-order valence-corrected chi connectivity index (χ0v) is 9.17. The number of nitrogens with two attached hydrogens (primary N) is 1. The van der Waals surface area contributed by atoms with Gasteiger partial charge >= 0.3 is 0 Å². The number of ether oxygens (including phenoxy) is 1. The lowest BCUT2D eigenvalue weighted by Crippen LogP contribution is -2.12. The molecule has 0 aromatic carbocycles. The van der Waals surface area contributed by atoms with Gasteiger partial charge in [0, 0.05) is 6.20 Å². The fourth-order valence-corrected chi connectivity index (χ4v) is 1.07. The van der Waals surface area contributed by atoms with Crippen molar-refractivity contribution in [2.75, 3.05) is 0 Å². The molecule has 0 spiro atoms. The van der Waals surface area contributed by atoms with Gasteiger partial charge in [0.05, 0.1) is 18.4 Å². The van der Waals surface area contributed by atoms with Gasteiger partial charge in [-0.25, -0.2) is 0 Å². The number of thiocarbonyl (C=S) groups is 1. The lowest BCUT2D eigenvalue weighted by Gasteiger charge is -2.07. The summed E-state index contributed by atoms with van der Waals surface area (Å²) in [6, 6.07) is 3.74. The molecular weight excluding hydrogens is 196 g/mol. The number of hydrogen-bond acceptors (Lipinski definition) is 3. The summed E-state index contributed by atoms with van der Waals surface area (Å²) >= 11 is 4.83. The molecule has 0 amide bonds. The SMILES string of the molecule is CC(C)OCc1ccnc(C(N)=S)c1. The van der Waals surface area contributed by atoms with Gasteiger partial charge < -0.3 is 10.5 Å². The molecule has 2 N–H and O–H groups in total. The molecule has 1 heterocycles. The van der Waals surface area contributed by atoms with E-state index in [1.807, 2.05) is 26.0 Å². The van der Waals surface area contributed by atoms with Gasteiger partial charge in [0.2, 0.25) is 0 Å². The predicted molar refractivity (Wildman–Crippen MR) is 60.0 cm³/mol. The zero-order chi connectivity index (χ0) is 10.6. The molecule has 4 heteroatoms. The molecule has 0 saturated carbocycles. The van der Waals surface area contributed by atoms with E-state index in [0.717, 1.165) is 5.56 Å². The van der Waals surface area contributed by atoms with Crippen LogP contribution in [0.4, 0.5) is 0 Å². The van der Waals surface area contributed by atoms with Crippen molar-refractivity contribution in [3.05, 3.63) is 29.6 Å². The van der Waals surface area contributed by atoms with E-state index < -0.39 is 0 Å². The molecule has 0 atom stereocenters. The Morgan fingerprint density at radius 2 is 2.36 bits per heavy atom. The molecule has 0 unspecified atom stereocenters. The van der Waals surface area contributed by atoms with Crippen LogP contribution in [0.5, 0.6) is 0 Å². The topological polar surface area (TPSA) is 48.1 Å². The minimum Gasteiger partial charge on any atom is -0.388 e. The van der Waals surface area contributed by atoms with Crippen LogP contribution in [0.2, 0.25) is 0 Å². The maximum atomic E-state index is 5.47. The second kappa shape index (κ2) is 5.02. The minimum atomic E-state index is 0.219. The Morgan fingerprint density at radius 3 is 2.93 bits per heavy atom. The van der Waals surface area contributed by atoms with Crippen molar-refractivity contribution < 1.29 is 4.74 Å². The van der Waals surface area contributed by atoms with E-state index >= 15 is 0 Å². The van der Waals surface area contributed by atoms with Crippen molar-refractivity contribution in [2.24, 2.45) is 5.73 Å². The van der Waals surface area contributed by atoms with Crippen LogP contribution < -0.4 is 5.73 Å². The molecule has 0 aliphatic rings. The zero-order valence-electron chi connectivity index (χ0n) is 8.36. The van der Waals surface area contributed by atoms with E-state index in [9.17, 15) is 0 Å². The second-order valence-corrected chi connectivity index (χ2v) is 3.71. The van der Waals surface area contributed by atoms with Crippen LogP contribution in [-0.2, 0) is 11.3 Å². The van der Waals surface area contributed by atoms with Gasteiger partial charge in [-0.3, -0.25) is 4.98 Å². The van der Waals surface area contributed by atoms with Crippen molar-refractivity contribution in [1.29, 1.82) is 0 Å². The van der Waals surface area contributed by atoms with Gasteiger partial charge in [0.15, 0.2) is 0 Å². The number of hydrogen-bond donors (Lipinski definition) is 1. The summed E-state index contributed by atoms with van der Waals surface area (Å²) in [7, 11) is 0. The first-order chi connectivity index (χ1) is 6.59. The van der Waals surface area contributed by atoms with E-state index in [1.165, 1.54) is 0 Å². The van der Waals surface area contributed by atoms with Crippen LogP contribution in [-0.4, -0.2) is 16.1 Å². The van der Waals surface area contributed by atoms with Crippen molar-refractivity contribution in [3.8, 4) is 0 Å². The first-order valence-electron chi connectivity index (χ1n) is 4.46. The molecule has 0 bridgehead atoms. The van der Waals surface area contributed by atoms with Gasteiger partial charge in [-0.05, 0) is 31.5 Å².